The van der Waals surface area contributed by atoms with E-state index in [0.717, 1.165) is 24.3 Å². The second-order valence-electron chi connectivity index (χ2n) is 8.43. The van der Waals surface area contributed by atoms with Crippen molar-refractivity contribution in [3.63, 3.8) is 0 Å². The molecule has 0 aliphatic heterocycles. The summed E-state index contributed by atoms with van der Waals surface area (Å²) in [6.07, 6.45) is -22.7. The zero-order valence-electron chi connectivity index (χ0n) is 21.7. The van der Waals surface area contributed by atoms with E-state index in [4.69, 9.17) is 0 Å². The summed E-state index contributed by atoms with van der Waals surface area (Å²) >= 11 is 0. The lowest BCUT2D eigenvalue weighted by molar-refractivity contribution is -0.372. The molecule has 0 aromatic heterocycles. The highest BCUT2D eigenvalue weighted by atomic mass is 35.5. The van der Waals surface area contributed by atoms with Crippen LogP contribution in [0.1, 0.15) is 30.9 Å². The summed E-state index contributed by atoms with van der Waals surface area (Å²) in [6, 6.07) is 12.6. The highest BCUT2D eigenvalue weighted by Gasteiger charge is 2.71. The number of benzene rings is 2. The smallest absolute Gasteiger partial charge is 0.450 e. The summed E-state index contributed by atoms with van der Waals surface area (Å²) in [5.41, 5.74) is -4.80. The molecule has 1 amide bonds. The van der Waals surface area contributed by atoms with Crippen LogP contribution in [0.15, 0.2) is 60.7 Å². The van der Waals surface area contributed by atoms with Crippen LogP contribution in [-0.4, -0.2) is 55.6 Å². The van der Waals surface area contributed by atoms with Crippen LogP contribution in [0.3, 0.4) is 0 Å². The van der Waals surface area contributed by atoms with Gasteiger partial charge in [0.25, 0.3) is 0 Å². The molecule has 17 heteroatoms. The van der Waals surface area contributed by atoms with Gasteiger partial charge in [-0.1, -0.05) is 74.0 Å². The molecule has 0 unspecified atom stereocenters. The van der Waals surface area contributed by atoms with E-state index in [-0.39, 0.29) is 25.4 Å². The van der Waals surface area contributed by atoms with E-state index in [2.05, 4.69) is 4.74 Å². The van der Waals surface area contributed by atoms with E-state index in [1.54, 1.807) is 30.4 Å². The number of carbonyl (C=O) groups excluding carboxylic acids is 1. The minimum Gasteiger partial charge on any atom is -0.450 e. The number of nitrogens with one attached hydrogen (secondary N) is 1. The maximum atomic E-state index is 13.4. The minimum atomic E-state index is -5.66. The van der Waals surface area contributed by atoms with Crippen molar-refractivity contribution < 1.29 is 62.2 Å². The number of hydrogen-bond acceptors (Lipinski definition) is 3. The Morgan fingerprint density at radius 3 is 1.62 bits per heavy atom. The van der Waals surface area contributed by atoms with Gasteiger partial charge in [0.15, 0.2) is 0 Å². The predicted molar refractivity (Wildman–Crippen MR) is 131 cm³/mol. The average molecular weight is 651 g/mol. The molecule has 42 heavy (non-hydrogen) atoms. The Kier molecular flexibility index (Phi) is 15.0. The summed E-state index contributed by atoms with van der Waals surface area (Å²) in [5, 5.41) is 1.59. The third kappa shape index (κ3) is 11.4. The van der Waals surface area contributed by atoms with Gasteiger partial charge in [0.05, 0.1) is 6.61 Å². The van der Waals surface area contributed by atoms with Crippen molar-refractivity contribution in [1.29, 1.82) is 0 Å². The largest absolute Gasteiger partial charge is 0.467 e. The Labute approximate surface area is 239 Å². The van der Waals surface area contributed by atoms with Crippen molar-refractivity contribution in [2.75, 3.05) is 19.7 Å². The molecule has 1 N–H and O–H groups in total. The second kappa shape index (κ2) is 16.1. The fraction of sp³-hybridized carbons (Fsp3) is 0.480. The number of nitrogens with zero attached hydrogens (tertiary/aromatic N) is 1. The Bertz CT molecular complexity index is 1020. The summed E-state index contributed by atoms with van der Waals surface area (Å²) in [6.45, 7) is -1.14. The van der Waals surface area contributed by atoms with Crippen LogP contribution in [0.25, 0.3) is 0 Å². The first-order valence-electron chi connectivity index (χ1n) is 11.8. The Hall–Kier alpha value is -2.88. The maximum absolute atomic E-state index is 13.4. The lowest BCUT2D eigenvalue weighted by Crippen LogP contribution is -2.60. The normalized spacial score (nSPS) is 12.6. The van der Waals surface area contributed by atoms with Crippen LogP contribution < -0.4 is 5.32 Å². The van der Waals surface area contributed by atoms with Crippen molar-refractivity contribution in [1.82, 2.24) is 10.2 Å². The molecule has 4 nitrogen and oxygen atoms in total. The van der Waals surface area contributed by atoms with Crippen molar-refractivity contribution >= 4 is 18.5 Å². The van der Waals surface area contributed by atoms with Crippen LogP contribution in [0.4, 0.5) is 57.5 Å². The number of alkyl halides is 12. The standard InChI is InChI=1S/C15H17F6NO2.C10H9F6N.ClH/c1-2-3-9-24-12(23)22-10-13(14(16,17)18,15(19,20)21)11-7-5-4-6-8-11;11-9(12,13)17(10(14,15)16)7-6-8-4-2-1-3-5-8;/h4-8H,2-3,9-10H2,1H3,(H,22,23);1-5H,6-7H2;1H. The first-order chi connectivity index (χ1) is 18.8. The van der Waals surface area contributed by atoms with Crippen LogP contribution in [0, 0.1) is 0 Å². The van der Waals surface area contributed by atoms with Crippen molar-refractivity contribution in [2.45, 2.75) is 56.6 Å². The topological polar surface area (TPSA) is 41.6 Å². The minimum absolute atomic E-state index is 0. The summed E-state index contributed by atoms with van der Waals surface area (Å²) < 4.78 is 158. The van der Waals surface area contributed by atoms with Gasteiger partial charge in [-0.2, -0.15) is 52.7 Å². The monoisotopic (exact) mass is 650 g/mol. The van der Waals surface area contributed by atoms with Crippen molar-refractivity contribution in [3.8, 4) is 0 Å². The number of halogens is 13. The van der Waals surface area contributed by atoms with Crippen LogP contribution in [0.2, 0.25) is 0 Å². The SMILES string of the molecule is CCCCOC(=O)NCC(c1ccccc1)(C(F)(F)F)C(F)(F)F.Cl.FC(F)(F)N(CCc1ccccc1)C(F)(F)F. The Morgan fingerprint density at radius 1 is 0.762 bits per heavy atom. The molecule has 2 aromatic carbocycles. The molecule has 0 spiro atoms. The molecule has 0 atom stereocenters. The molecule has 0 aliphatic rings. The van der Waals surface area contributed by atoms with Crippen LogP contribution >= 0.6 is 12.4 Å². The molecule has 0 bridgehead atoms. The molecular weight excluding hydrogens is 624 g/mol. The van der Waals surface area contributed by atoms with E-state index >= 15 is 0 Å². The van der Waals surface area contributed by atoms with E-state index in [9.17, 15) is 57.5 Å². The predicted octanol–water partition coefficient (Wildman–Crippen LogP) is 8.57. The third-order valence-corrected chi connectivity index (χ3v) is 5.54. The van der Waals surface area contributed by atoms with Crippen molar-refractivity contribution in [2.24, 2.45) is 0 Å². The first kappa shape index (κ1) is 39.1. The quantitative estimate of drug-likeness (QED) is 0.168. The lowest BCUT2D eigenvalue weighted by atomic mass is 9.78. The van der Waals surface area contributed by atoms with Crippen LogP contribution in [0.5, 0.6) is 0 Å². The van der Waals surface area contributed by atoms with E-state index in [1.165, 1.54) is 18.2 Å². The fourth-order valence-electron chi connectivity index (χ4n) is 3.36. The number of unbranched alkanes of at least 4 members (excludes halogenated alkanes) is 1. The number of hydrogen-bond donors (Lipinski definition) is 1. The van der Waals surface area contributed by atoms with Gasteiger partial charge in [-0.3, -0.25) is 0 Å². The lowest BCUT2D eigenvalue weighted by Gasteiger charge is -2.37. The number of carbonyl (C=O) groups is 1. The van der Waals surface area contributed by atoms with Gasteiger partial charge in [-0.25, -0.2) is 4.79 Å². The highest BCUT2D eigenvalue weighted by Crippen LogP contribution is 2.51. The molecule has 0 fully saturated rings. The maximum Gasteiger partial charge on any atom is 0.467 e. The number of alkyl carbamates (subject to hydrolysis) is 1. The van der Waals surface area contributed by atoms with Crippen LogP contribution in [-0.2, 0) is 16.6 Å². The Balaban J connectivity index is 0.000000825. The first-order valence-corrected chi connectivity index (χ1v) is 11.8. The summed E-state index contributed by atoms with van der Waals surface area (Å²) in [4.78, 5) is 9.96. The molecule has 0 saturated heterocycles. The zero-order chi connectivity index (χ0) is 31.5. The number of amides is 1. The zero-order valence-corrected chi connectivity index (χ0v) is 22.5. The van der Waals surface area contributed by atoms with Gasteiger partial charge in [0, 0.05) is 13.1 Å². The second-order valence-corrected chi connectivity index (χ2v) is 8.43. The van der Waals surface area contributed by atoms with Gasteiger partial charge in [0.1, 0.15) is 0 Å². The Morgan fingerprint density at radius 2 is 1.21 bits per heavy atom. The molecule has 0 saturated carbocycles. The molecule has 0 aliphatic carbocycles. The number of ether oxygens (including phenoxy) is 1. The van der Waals surface area contributed by atoms with Gasteiger partial charge in [0.2, 0.25) is 5.41 Å². The average Bonchev–Trinajstić information content (AvgIpc) is 2.83. The third-order valence-electron chi connectivity index (χ3n) is 5.54. The number of rotatable bonds is 9. The van der Waals surface area contributed by atoms with E-state index < -0.39 is 60.0 Å². The molecule has 240 valence electrons. The molecule has 2 rings (SSSR count). The summed E-state index contributed by atoms with van der Waals surface area (Å²) in [7, 11) is 0. The van der Waals surface area contributed by atoms with E-state index in [0.29, 0.717) is 18.4 Å². The summed E-state index contributed by atoms with van der Waals surface area (Å²) in [5.74, 6) is 0. The molecule has 0 heterocycles. The van der Waals surface area contributed by atoms with Gasteiger partial charge < -0.3 is 10.1 Å². The van der Waals surface area contributed by atoms with Crippen molar-refractivity contribution in [3.05, 3.63) is 71.8 Å². The van der Waals surface area contributed by atoms with Gasteiger partial charge in [-0.15, -0.1) is 17.3 Å². The molecule has 2 aromatic rings. The van der Waals surface area contributed by atoms with Gasteiger partial charge in [-0.05, 0) is 24.0 Å². The highest BCUT2D eigenvalue weighted by molar-refractivity contribution is 5.85. The molecule has 0 radical (unpaired) electrons. The molecular formula is C25H27ClF12N2O2. The fourth-order valence-corrected chi connectivity index (χ4v) is 3.36. The van der Waals surface area contributed by atoms with Gasteiger partial charge >= 0.3 is 31.0 Å². The van der Waals surface area contributed by atoms with E-state index in [1.807, 2.05) is 0 Å².